The molecular weight excluding hydrogens is 270 g/mol. The largest absolute Gasteiger partial charge is 0.484 e. The Kier molecular flexibility index (Phi) is 12.8. The first kappa shape index (κ1) is 19.3. The number of benzene rings is 1. The topological polar surface area (TPSA) is 53.7 Å². The van der Waals surface area contributed by atoms with Gasteiger partial charge in [0.1, 0.15) is 0 Å². The molecule has 116 valence electrons. The van der Waals surface area contributed by atoms with Gasteiger partial charge in [-0.1, -0.05) is 30.3 Å². The molecule has 1 aromatic carbocycles. The van der Waals surface area contributed by atoms with Gasteiger partial charge in [0.25, 0.3) is 0 Å². The summed E-state index contributed by atoms with van der Waals surface area (Å²) in [5, 5.41) is 0. The van der Waals surface area contributed by atoms with Gasteiger partial charge >= 0.3 is 9.53 Å². The van der Waals surface area contributed by atoms with Gasteiger partial charge in [0.05, 0.1) is 0 Å². The van der Waals surface area contributed by atoms with E-state index in [-0.39, 0.29) is 6.04 Å². The van der Waals surface area contributed by atoms with Crippen LogP contribution in [0.1, 0.15) is 33.3 Å². The van der Waals surface area contributed by atoms with Crippen molar-refractivity contribution in [3.63, 3.8) is 0 Å². The van der Waals surface area contributed by atoms with Gasteiger partial charge in [-0.15, -0.1) is 0 Å². The molecule has 1 aromatic rings. The molecule has 2 N–H and O–H groups in total. The fourth-order valence-corrected chi connectivity index (χ4v) is 2.64. The van der Waals surface area contributed by atoms with Crippen LogP contribution in [0.3, 0.4) is 0 Å². The van der Waals surface area contributed by atoms with Crippen molar-refractivity contribution < 1.29 is 13.3 Å². The second-order valence-electron chi connectivity index (χ2n) is 4.32. The molecular formula is C15H29NO3Si. The standard InChI is InChI=1S/C9H13N.C6H16O3Si/c1-8(10)7-9-5-3-2-4-6-9;1-4-7-10(8-5-2)9-6-3/h2-6,8H,7,10H2,1H3;10H,4-6H2,1-3H3. The molecule has 0 heterocycles. The molecule has 0 saturated carbocycles. The minimum Gasteiger partial charge on any atom is -0.376 e. The Balaban J connectivity index is 0.000000361. The van der Waals surface area contributed by atoms with Gasteiger partial charge in [-0.2, -0.15) is 0 Å². The lowest BCUT2D eigenvalue weighted by Crippen LogP contribution is -2.27. The number of hydrogen-bond donors (Lipinski definition) is 1. The van der Waals surface area contributed by atoms with Crippen LogP contribution >= 0.6 is 0 Å². The van der Waals surface area contributed by atoms with E-state index in [1.165, 1.54) is 5.56 Å². The molecule has 0 aliphatic carbocycles. The first-order valence-corrected chi connectivity index (χ1v) is 8.69. The van der Waals surface area contributed by atoms with Crippen molar-refractivity contribution in [1.82, 2.24) is 0 Å². The first-order valence-electron chi connectivity index (χ1n) is 7.28. The summed E-state index contributed by atoms with van der Waals surface area (Å²) >= 11 is 0. The van der Waals surface area contributed by atoms with Crippen LogP contribution in [0.4, 0.5) is 0 Å². The Hall–Kier alpha value is -0.723. The highest BCUT2D eigenvalue weighted by molar-refractivity contribution is 6.36. The second-order valence-corrected chi connectivity index (χ2v) is 5.90. The predicted molar refractivity (Wildman–Crippen MR) is 85.8 cm³/mol. The Morgan fingerprint density at radius 3 is 1.75 bits per heavy atom. The molecule has 1 atom stereocenters. The molecule has 0 radical (unpaired) electrons. The van der Waals surface area contributed by atoms with Crippen LogP contribution in [0.15, 0.2) is 30.3 Å². The number of nitrogens with two attached hydrogens (primary N) is 1. The zero-order valence-electron chi connectivity index (χ0n) is 13.2. The lowest BCUT2D eigenvalue weighted by atomic mass is 10.1. The van der Waals surface area contributed by atoms with E-state index >= 15 is 0 Å². The van der Waals surface area contributed by atoms with Gasteiger partial charge in [-0.05, 0) is 39.7 Å². The molecule has 0 bridgehead atoms. The van der Waals surface area contributed by atoms with E-state index in [0.29, 0.717) is 19.8 Å². The third-order valence-corrected chi connectivity index (χ3v) is 4.13. The summed E-state index contributed by atoms with van der Waals surface area (Å²) in [7, 11) is -1.73. The molecule has 1 rings (SSSR count). The molecule has 0 fully saturated rings. The SMILES string of the molecule is CC(N)Cc1ccccc1.CCO[SiH](OCC)OCC. The van der Waals surface area contributed by atoms with Crippen molar-refractivity contribution in [2.75, 3.05) is 19.8 Å². The average Bonchev–Trinajstić information content (AvgIpc) is 2.41. The van der Waals surface area contributed by atoms with E-state index in [4.69, 9.17) is 19.0 Å². The minimum atomic E-state index is -1.73. The van der Waals surface area contributed by atoms with Gasteiger partial charge in [0, 0.05) is 25.9 Å². The smallest absolute Gasteiger partial charge is 0.376 e. The molecule has 5 heteroatoms. The first-order chi connectivity index (χ1) is 9.63. The van der Waals surface area contributed by atoms with Crippen LogP contribution in [-0.4, -0.2) is 35.4 Å². The van der Waals surface area contributed by atoms with E-state index in [1.807, 2.05) is 45.9 Å². The summed E-state index contributed by atoms with van der Waals surface area (Å²) in [6.07, 6.45) is 0.973. The third-order valence-electron chi connectivity index (χ3n) is 2.31. The molecule has 0 amide bonds. The van der Waals surface area contributed by atoms with Crippen LogP contribution in [0.5, 0.6) is 0 Å². The molecule has 0 aromatic heterocycles. The summed E-state index contributed by atoms with van der Waals surface area (Å²) in [6.45, 7) is 9.88. The Morgan fingerprint density at radius 1 is 0.950 bits per heavy atom. The molecule has 0 spiro atoms. The molecule has 20 heavy (non-hydrogen) atoms. The van der Waals surface area contributed by atoms with Crippen molar-refractivity contribution in [2.45, 2.75) is 40.2 Å². The molecule has 0 aliphatic rings. The second kappa shape index (κ2) is 13.3. The van der Waals surface area contributed by atoms with Gasteiger partial charge in [-0.3, -0.25) is 0 Å². The summed E-state index contributed by atoms with van der Waals surface area (Å²) < 4.78 is 15.7. The third kappa shape index (κ3) is 11.1. The van der Waals surface area contributed by atoms with Crippen molar-refractivity contribution in [2.24, 2.45) is 5.73 Å². The quantitative estimate of drug-likeness (QED) is 0.749. The Labute approximate surface area is 125 Å². The highest BCUT2D eigenvalue weighted by Crippen LogP contribution is 2.00. The van der Waals surface area contributed by atoms with Crippen molar-refractivity contribution in [3.8, 4) is 0 Å². The zero-order valence-corrected chi connectivity index (χ0v) is 14.3. The minimum absolute atomic E-state index is 0.266. The predicted octanol–water partition coefficient (Wildman–Crippen LogP) is 2.39. The number of hydrogen-bond acceptors (Lipinski definition) is 4. The fraction of sp³-hybridized carbons (Fsp3) is 0.600. The van der Waals surface area contributed by atoms with Crippen LogP contribution in [0.25, 0.3) is 0 Å². The maximum atomic E-state index is 5.62. The zero-order chi connectivity index (χ0) is 15.2. The summed E-state index contributed by atoms with van der Waals surface area (Å²) in [5.41, 5.74) is 6.94. The van der Waals surface area contributed by atoms with Crippen molar-refractivity contribution >= 4 is 9.53 Å². The van der Waals surface area contributed by atoms with Crippen molar-refractivity contribution in [1.29, 1.82) is 0 Å². The summed E-state index contributed by atoms with van der Waals surface area (Å²) in [5.74, 6) is 0. The van der Waals surface area contributed by atoms with Crippen LogP contribution in [0.2, 0.25) is 0 Å². The summed E-state index contributed by atoms with van der Waals surface area (Å²) in [6, 6.07) is 10.6. The van der Waals surface area contributed by atoms with Gasteiger partial charge in [0.15, 0.2) is 0 Å². The number of rotatable bonds is 8. The lowest BCUT2D eigenvalue weighted by Gasteiger charge is -2.12. The maximum absolute atomic E-state index is 5.62. The molecule has 1 unspecified atom stereocenters. The Bertz CT molecular complexity index is 295. The monoisotopic (exact) mass is 299 g/mol. The van der Waals surface area contributed by atoms with E-state index in [2.05, 4.69) is 12.1 Å². The van der Waals surface area contributed by atoms with E-state index < -0.39 is 9.53 Å². The van der Waals surface area contributed by atoms with Crippen molar-refractivity contribution in [3.05, 3.63) is 35.9 Å². The normalized spacial score (nSPS) is 11.9. The molecule has 0 saturated heterocycles. The maximum Gasteiger partial charge on any atom is 0.484 e. The van der Waals surface area contributed by atoms with E-state index in [9.17, 15) is 0 Å². The summed E-state index contributed by atoms with van der Waals surface area (Å²) in [4.78, 5) is 0. The van der Waals surface area contributed by atoms with E-state index in [1.54, 1.807) is 0 Å². The molecule has 0 aliphatic heterocycles. The molecule has 4 nitrogen and oxygen atoms in total. The van der Waals surface area contributed by atoms with Crippen LogP contribution in [-0.2, 0) is 19.7 Å². The average molecular weight is 299 g/mol. The van der Waals surface area contributed by atoms with Crippen LogP contribution < -0.4 is 5.73 Å². The highest BCUT2D eigenvalue weighted by Gasteiger charge is 2.11. The van der Waals surface area contributed by atoms with Gasteiger partial charge in [0.2, 0.25) is 0 Å². The van der Waals surface area contributed by atoms with E-state index in [0.717, 1.165) is 6.42 Å². The lowest BCUT2D eigenvalue weighted by molar-refractivity contribution is 0.107. The Morgan fingerprint density at radius 2 is 1.40 bits per heavy atom. The van der Waals surface area contributed by atoms with Gasteiger partial charge < -0.3 is 19.0 Å². The fourth-order valence-electron chi connectivity index (χ4n) is 1.54. The van der Waals surface area contributed by atoms with Crippen LogP contribution in [0, 0.1) is 0 Å². The van der Waals surface area contributed by atoms with Gasteiger partial charge in [-0.25, -0.2) is 0 Å². The highest BCUT2D eigenvalue weighted by atomic mass is 28.3.